The van der Waals surface area contributed by atoms with E-state index in [2.05, 4.69) is 182 Å². The van der Waals surface area contributed by atoms with Gasteiger partial charge in [-0.05, 0) is 66.7 Å². The van der Waals surface area contributed by atoms with Crippen molar-refractivity contribution in [3.63, 3.8) is 0 Å². The van der Waals surface area contributed by atoms with Crippen LogP contribution in [0, 0.1) is 0 Å². The van der Waals surface area contributed by atoms with Crippen molar-refractivity contribution in [1.82, 2.24) is 14.5 Å². The third-order valence-corrected chi connectivity index (χ3v) is 12.1. The van der Waals surface area contributed by atoms with E-state index in [1.807, 2.05) is 0 Å². The maximum Gasteiger partial charge on any atom is 0.235 e. The standard InChI is InChI=1S/C51H33N3/c1-51(2)39-26-14-12-24-37(39)42-33-20-8-9-21-34(33)44-45(47(42)51)35-22-10-11-23-36(35)49-46(44)38-25-13-15-27-41(38)54(49)50-52-40-29-28-30-16-6-7-19-32(30)43(40)48(53-50)31-17-4-3-5-18-31/h3-29H,1-2H3. The summed E-state index contributed by atoms with van der Waals surface area (Å²) >= 11 is 0. The number of fused-ring (bicyclic) bond motifs is 18. The Bertz CT molecular complexity index is 3410. The van der Waals surface area contributed by atoms with Crippen molar-refractivity contribution in [2.24, 2.45) is 0 Å². The van der Waals surface area contributed by atoms with Crippen LogP contribution in [0.4, 0.5) is 0 Å². The van der Waals surface area contributed by atoms with Gasteiger partial charge in [0.25, 0.3) is 0 Å². The Morgan fingerprint density at radius 2 is 1.09 bits per heavy atom. The molecule has 2 aromatic heterocycles. The Morgan fingerprint density at radius 1 is 0.463 bits per heavy atom. The first kappa shape index (κ1) is 29.7. The molecule has 0 fully saturated rings. The molecule has 0 saturated carbocycles. The third-order valence-electron chi connectivity index (χ3n) is 12.1. The summed E-state index contributed by atoms with van der Waals surface area (Å²) in [5.41, 5.74) is 10.5. The summed E-state index contributed by atoms with van der Waals surface area (Å²) in [6, 6.07) is 59.4. The van der Waals surface area contributed by atoms with Gasteiger partial charge in [-0.25, -0.2) is 9.97 Å². The van der Waals surface area contributed by atoms with Gasteiger partial charge in [-0.15, -0.1) is 0 Å². The molecular formula is C51H33N3. The predicted octanol–water partition coefficient (Wildman–Crippen LogP) is 13.3. The summed E-state index contributed by atoms with van der Waals surface area (Å²) < 4.78 is 2.34. The summed E-state index contributed by atoms with van der Waals surface area (Å²) in [6.45, 7) is 4.82. The Kier molecular flexibility index (Phi) is 5.84. The van der Waals surface area contributed by atoms with Crippen molar-refractivity contribution in [3.05, 3.63) is 175 Å². The van der Waals surface area contributed by atoms with Crippen molar-refractivity contribution >= 4 is 75.8 Å². The monoisotopic (exact) mass is 687 g/mol. The van der Waals surface area contributed by atoms with Gasteiger partial charge in [0, 0.05) is 37.9 Å². The van der Waals surface area contributed by atoms with Crippen LogP contribution in [-0.4, -0.2) is 14.5 Å². The molecule has 1 aliphatic carbocycles. The SMILES string of the molecule is CC1(C)c2ccccc2-c2c1c1c3ccccc3c3c(c4ccccc4n3-c3nc(-c4ccccc4)c4c(ccc5ccccc54)n3)c1c1ccccc21. The van der Waals surface area contributed by atoms with Gasteiger partial charge in [0.15, 0.2) is 0 Å². The molecule has 3 nitrogen and oxygen atoms in total. The lowest BCUT2D eigenvalue weighted by Gasteiger charge is -2.25. The van der Waals surface area contributed by atoms with E-state index in [0.717, 1.165) is 38.6 Å². The van der Waals surface area contributed by atoms with Gasteiger partial charge in [-0.3, -0.25) is 4.57 Å². The zero-order valence-corrected chi connectivity index (χ0v) is 29.9. The quantitative estimate of drug-likeness (QED) is 0.169. The van der Waals surface area contributed by atoms with Gasteiger partial charge in [0.2, 0.25) is 5.95 Å². The zero-order chi connectivity index (χ0) is 35.7. The molecule has 252 valence electrons. The molecular weight excluding hydrogens is 655 g/mol. The van der Waals surface area contributed by atoms with Gasteiger partial charge < -0.3 is 0 Å². The highest BCUT2D eigenvalue weighted by atomic mass is 15.2. The van der Waals surface area contributed by atoms with Crippen LogP contribution < -0.4 is 0 Å². The van der Waals surface area contributed by atoms with Crippen molar-refractivity contribution in [3.8, 4) is 28.3 Å². The zero-order valence-electron chi connectivity index (χ0n) is 29.9. The molecule has 54 heavy (non-hydrogen) atoms. The van der Waals surface area contributed by atoms with E-state index < -0.39 is 0 Å². The van der Waals surface area contributed by atoms with Gasteiger partial charge in [0.1, 0.15) is 0 Å². The highest BCUT2D eigenvalue weighted by molar-refractivity contribution is 6.39. The Morgan fingerprint density at radius 3 is 1.91 bits per heavy atom. The van der Waals surface area contributed by atoms with Crippen LogP contribution in [0.5, 0.6) is 0 Å². The molecule has 9 aromatic carbocycles. The summed E-state index contributed by atoms with van der Waals surface area (Å²) in [5.74, 6) is 0.672. The molecule has 0 amide bonds. The van der Waals surface area contributed by atoms with Crippen LogP contribution in [-0.2, 0) is 5.41 Å². The first-order chi connectivity index (χ1) is 26.6. The molecule has 12 rings (SSSR count). The van der Waals surface area contributed by atoms with Crippen LogP contribution in [0.2, 0.25) is 0 Å². The number of para-hydroxylation sites is 1. The van der Waals surface area contributed by atoms with Crippen molar-refractivity contribution in [2.75, 3.05) is 0 Å². The summed E-state index contributed by atoms with van der Waals surface area (Å²) in [6.07, 6.45) is 0. The number of hydrogen-bond acceptors (Lipinski definition) is 2. The van der Waals surface area contributed by atoms with E-state index >= 15 is 0 Å². The molecule has 1 aliphatic rings. The maximum atomic E-state index is 5.57. The molecule has 0 unspecified atom stereocenters. The van der Waals surface area contributed by atoms with E-state index in [4.69, 9.17) is 9.97 Å². The van der Waals surface area contributed by atoms with Gasteiger partial charge in [-0.1, -0.05) is 166 Å². The molecule has 0 atom stereocenters. The maximum absolute atomic E-state index is 5.57. The van der Waals surface area contributed by atoms with E-state index in [1.165, 1.54) is 70.7 Å². The molecule has 0 bridgehead atoms. The first-order valence-corrected chi connectivity index (χ1v) is 18.8. The minimum absolute atomic E-state index is 0.197. The van der Waals surface area contributed by atoms with Crippen LogP contribution in [0.25, 0.3) is 104 Å². The second-order valence-electron chi connectivity index (χ2n) is 15.3. The highest BCUT2D eigenvalue weighted by Gasteiger charge is 2.39. The molecule has 2 heterocycles. The molecule has 0 aliphatic heterocycles. The first-order valence-electron chi connectivity index (χ1n) is 18.8. The van der Waals surface area contributed by atoms with Crippen molar-refractivity contribution in [2.45, 2.75) is 19.3 Å². The molecule has 0 saturated heterocycles. The molecule has 0 radical (unpaired) electrons. The van der Waals surface area contributed by atoms with Crippen molar-refractivity contribution < 1.29 is 0 Å². The highest BCUT2D eigenvalue weighted by Crippen LogP contribution is 2.57. The van der Waals surface area contributed by atoms with Crippen molar-refractivity contribution in [1.29, 1.82) is 0 Å². The predicted molar refractivity (Wildman–Crippen MR) is 227 cm³/mol. The second kappa shape index (κ2) is 10.6. The molecule has 3 heteroatoms. The summed E-state index contributed by atoms with van der Waals surface area (Å²) in [7, 11) is 0. The van der Waals surface area contributed by atoms with Crippen LogP contribution >= 0.6 is 0 Å². The van der Waals surface area contributed by atoms with E-state index in [0.29, 0.717) is 5.95 Å². The average Bonchev–Trinajstić information content (AvgIpc) is 3.70. The van der Waals surface area contributed by atoms with E-state index in [-0.39, 0.29) is 5.41 Å². The Labute approximate surface area is 311 Å². The number of nitrogens with zero attached hydrogens (tertiary/aromatic N) is 3. The van der Waals surface area contributed by atoms with Crippen LogP contribution in [0.1, 0.15) is 25.0 Å². The Balaban J connectivity index is 1.32. The summed E-state index contributed by atoms with van der Waals surface area (Å²) in [4.78, 5) is 11.0. The summed E-state index contributed by atoms with van der Waals surface area (Å²) in [5, 5.41) is 13.5. The molecule has 0 N–H and O–H groups in total. The lowest BCUT2D eigenvalue weighted by Crippen LogP contribution is -2.15. The molecule has 0 spiro atoms. The minimum atomic E-state index is -0.197. The second-order valence-corrected chi connectivity index (χ2v) is 15.3. The fourth-order valence-electron chi connectivity index (χ4n) is 9.91. The third kappa shape index (κ3) is 3.75. The number of benzene rings is 9. The lowest BCUT2D eigenvalue weighted by atomic mass is 9.77. The molecule has 11 aromatic rings. The largest absolute Gasteiger partial charge is 0.277 e. The normalized spacial score (nSPS) is 13.5. The fourth-order valence-corrected chi connectivity index (χ4v) is 9.91. The lowest BCUT2D eigenvalue weighted by molar-refractivity contribution is 0.667. The van der Waals surface area contributed by atoms with Gasteiger partial charge >= 0.3 is 0 Å². The topological polar surface area (TPSA) is 30.7 Å². The average molecular weight is 688 g/mol. The van der Waals surface area contributed by atoms with Gasteiger partial charge in [0.05, 0.1) is 22.2 Å². The number of hydrogen-bond donors (Lipinski definition) is 0. The van der Waals surface area contributed by atoms with E-state index in [1.54, 1.807) is 0 Å². The van der Waals surface area contributed by atoms with Crippen LogP contribution in [0.15, 0.2) is 164 Å². The van der Waals surface area contributed by atoms with Crippen LogP contribution in [0.3, 0.4) is 0 Å². The Hall–Kier alpha value is -6.84. The number of rotatable bonds is 2. The minimum Gasteiger partial charge on any atom is -0.277 e. The fraction of sp³-hybridized carbons (Fsp3) is 0.0588. The van der Waals surface area contributed by atoms with E-state index in [9.17, 15) is 0 Å². The smallest absolute Gasteiger partial charge is 0.235 e. The van der Waals surface area contributed by atoms with Gasteiger partial charge in [-0.2, -0.15) is 0 Å². The number of aromatic nitrogens is 3.